The minimum atomic E-state index is 0.109. The molecule has 0 N–H and O–H groups in total. The van der Waals surface area contributed by atoms with Crippen molar-refractivity contribution in [2.75, 3.05) is 36.8 Å². The number of piperazine rings is 1. The molecular formula is C20H22N6OS. The summed E-state index contributed by atoms with van der Waals surface area (Å²) >= 11 is 1.71. The number of rotatable bonds is 5. The Morgan fingerprint density at radius 2 is 1.79 bits per heavy atom. The molecule has 144 valence electrons. The van der Waals surface area contributed by atoms with Gasteiger partial charge in [0.15, 0.2) is 11.6 Å². The van der Waals surface area contributed by atoms with Crippen LogP contribution in [0.1, 0.15) is 17.3 Å². The van der Waals surface area contributed by atoms with Crippen LogP contribution in [0.2, 0.25) is 0 Å². The van der Waals surface area contributed by atoms with E-state index in [1.165, 1.54) is 0 Å². The summed E-state index contributed by atoms with van der Waals surface area (Å²) in [6, 6.07) is 11.8. The molecule has 1 aliphatic rings. The first-order valence-electron chi connectivity index (χ1n) is 9.34. The van der Waals surface area contributed by atoms with Crippen LogP contribution in [0, 0.1) is 0 Å². The van der Waals surface area contributed by atoms with Crippen molar-refractivity contribution < 1.29 is 4.79 Å². The van der Waals surface area contributed by atoms with Gasteiger partial charge in [-0.25, -0.2) is 4.98 Å². The number of anilines is 1. The fourth-order valence-corrected chi connectivity index (χ4v) is 4.05. The standard InChI is InChI=1S/C20H22N6OS/c1-2-28-17-6-4-3-5-16(17)20(27)25-13-11-24(12-14-25)18-7-8-19(23-22-18)26-10-9-21-15-26/h3-10,15H,2,11-14H2,1H3. The number of imidazole rings is 1. The molecule has 8 heteroatoms. The lowest BCUT2D eigenvalue weighted by atomic mass is 10.2. The first-order valence-corrected chi connectivity index (χ1v) is 10.3. The smallest absolute Gasteiger partial charge is 0.255 e. The van der Waals surface area contributed by atoms with Gasteiger partial charge < -0.3 is 9.80 Å². The van der Waals surface area contributed by atoms with Gasteiger partial charge in [-0.1, -0.05) is 19.1 Å². The van der Waals surface area contributed by atoms with Gasteiger partial charge in [-0.2, -0.15) is 0 Å². The zero-order valence-corrected chi connectivity index (χ0v) is 16.5. The molecular weight excluding hydrogens is 372 g/mol. The second-order valence-corrected chi connectivity index (χ2v) is 7.73. The third kappa shape index (κ3) is 3.87. The summed E-state index contributed by atoms with van der Waals surface area (Å²) in [6.45, 7) is 4.94. The highest BCUT2D eigenvalue weighted by molar-refractivity contribution is 7.99. The predicted molar refractivity (Wildman–Crippen MR) is 110 cm³/mol. The third-order valence-corrected chi connectivity index (χ3v) is 5.67. The van der Waals surface area contributed by atoms with Crippen LogP contribution in [0.15, 0.2) is 60.0 Å². The van der Waals surface area contributed by atoms with Gasteiger partial charge in [0, 0.05) is 43.5 Å². The number of benzene rings is 1. The molecule has 0 radical (unpaired) electrons. The number of carbonyl (C=O) groups excluding carboxylic acids is 1. The van der Waals surface area contributed by atoms with E-state index in [0.29, 0.717) is 13.1 Å². The Kier molecular flexibility index (Phi) is 5.57. The molecule has 0 bridgehead atoms. The number of nitrogens with zero attached hydrogens (tertiary/aromatic N) is 6. The molecule has 4 rings (SSSR count). The minimum Gasteiger partial charge on any atom is -0.352 e. The van der Waals surface area contributed by atoms with Crippen molar-refractivity contribution in [2.45, 2.75) is 11.8 Å². The second-order valence-electron chi connectivity index (χ2n) is 6.43. The van der Waals surface area contributed by atoms with Gasteiger partial charge >= 0.3 is 0 Å². The molecule has 1 aliphatic heterocycles. The van der Waals surface area contributed by atoms with E-state index >= 15 is 0 Å². The zero-order valence-electron chi connectivity index (χ0n) is 15.7. The fourth-order valence-electron chi connectivity index (χ4n) is 3.25. The number of amides is 1. The molecule has 0 spiro atoms. The van der Waals surface area contributed by atoms with Crippen molar-refractivity contribution in [3.8, 4) is 5.82 Å². The summed E-state index contributed by atoms with van der Waals surface area (Å²) in [5.41, 5.74) is 0.798. The van der Waals surface area contributed by atoms with Gasteiger partial charge in [-0.15, -0.1) is 22.0 Å². The van der Waals surface area contributed by atoms with Crippen LogP contribution in [-0.2, 0) is 0 Å². The Bertz CT molecular complexity index is 920. The Hall–Kier alpha value is -2.87. The quantitative estimate of drug-likeness (QED) is 0.620. The fraction of sp³-hybridized carbons (Fsp3) is 0.300. The molecule has 1 saturated heterocycles. The van der Waals surface area contributed by atoms with Crippen LogP contribution in [0.25, 0.3) is 5.82 Å². The number of thioether (sulfide) groups is 1. The minimum absolute atomic E-state index is 0.109. The Morgan fingerprint density at radius 1 is 1.04 bits per heavy atom. The lowest BCUT2D eigenvalue weighted by Crippen LogP contribution is -2.49. The van der Waals surface area contributed by atoms with Crippen molar-refractivity contribution in [1.82, 2.24) is 24.6 Å². The largest absolute Gasteiger partial charge is 0.352 e. The van der Waals surface area contributed by atoms with E-state index in [0.717, 1.165) is 40.9 Å². The molecule has 0 saturated carbocycles. The number of hydrogen-bond acceptors (Lipinski definition) is 6. The van der Waals surface area contributed by atoms with Crippen LogP contribution in [0.3, 0.4) is 0 Å². The third-order valence-electron chi connectivity index (χ3n) is 4.71. The van der Waals surface area contributed by atoms with Gasteiger partial charge in [-0.05, 0) is 30.0 Å². The molecule has 0 unspecified atom stereocenters. The topological polar surface area (TPSA) is 67.2 Å². The molecule has 1 aromatic carbocycles. The van der Waals surface area contributed by atoms with E-state index in [4.69, 9.17) is 0 Å². The molecule has 28 heavy (non-hydrogen) atoms. The van der Waals surface area contributed by atoms with Gasteiger partial charge in [0.2, 0.25) is 0 Å². The monoisotopic (exact) mass is 394 g/mol. The van der Waals surface area contributed by atoms with E-state index in [1.54, 1.807) is 24.3 Å². The van der Waals surface area contributed by atoms with E-state index in [2.05, 4.69) is 27.0 Å². The average molecular weight is 395 g/mol. The Morgan fingerprint density at radius 3 is 2.46 bits per heavy atom. The van der Waals surface area contributed by atoms with Crippen molar-refractivity contribution in [3.63, 3.8) is 0 Å². The van der Waals surface area contributed by atoms with E-state index < -0.39 is 0 Å². The van der Waals surface area contributed by atoms with Crippen LogP contribution < -0.4 is 4.90 Å². The first kappa shape index (κ1) is 18.5. The summed E-state index contributed by atoms with van der Waals surface area (Å²) in [5.74, 6) is 2.63. The lowest BCUT2D eigenvalue weighted by molar-refractivity contribution is 0.0743. The molecule has 3 heterocycles. The van der Waals surface area contributed by atoms with Crippen LogP contribution in [0.5, 0.6) is 0 Å². The maximum absolute atomic E-state index is 13.0. The Labute approximate surface area is 168 Å². The molecule has 7 nitrogen and oxygen atoms in total. The van der Waals surface area contributed by atoms with Crippen molar-refractivity contribution in [1.29, 1.82) is 0 Å². The second kappa shape index (κ2) is 8.43. The summed E-state index contributed by atoms with van der Waals surface area (Å²) < 4.78 is 1.82. The van der Waals surface area contributed by atoms with Gasteiger partial charge in [0.1, 0.15) is 6.33 Å². The predicted octanol–water partition coefficient (Wildman–Crippen LogP) is 2.74. The SMILES string of the molecule is CCSc1ccccc1C(=O)N1CCN(c2ccc(-n3ccnc3)nn2)CC1. The molecule has 0 aliphatic carbocycles. The van der Waals surface area contributed by atoms with Crippen LogP contribution >= 0.6 is 11.8 Å². The maximum atomic E-state index is 13.0. The molecule has 3 aromatic rings. The van der Waals surface area contributed by atoms with E-state index in [9.17, 15) is 4.79 Å². The molecule has 1 amide bonds. The Balaban J connectivity index is 1.40. The van der Waals surface area contributed by atoms with Crippen LogP contribution in [0.4, 0.5) is 5.82 Å². The summed E-state index contributed by atoms with van der Waals surface area (Å²) in [7, 11) is 0. The van der Waals surface area contributed by atoms with Gasteiger partial charge in [-0.3, -0.25) is 9.36 Å². The van der Waals surface area contributed by atoms with Crippen LogP contribution in [-0.4, -0.2) is 62.5 Å². The zero-order chi connectivity index (χ0) is 19.3. The molecule has 1 fully saturated rings. The van der Waals surface area contributed by atoms with E-state index in [1.807, 2.05) is 52.1 Å². The van der Waals surface area contributed by atoms with Crippen molar-refractivity contribution in [2.24, 2.45) is 0 Å². The highest BCUT2D eigenvalue weighted by Gasteiger charge is 2.24. The summed E-state index contributed by atoms with van der Waals surface area (Å²) in [4.78, 5) is 22.1. The summed E-state index contributed by atoms with van der Waals surface area (Å²) in [6.07, 6.45) is 5.24. The maximum Gasteiger partial charge on any atom is 0.255 e. The molecule has 0 atom stereocenters. The van der Waals surface area contributed by atoms with Gasteiger partial charge in [0.25, 0.3) is 5.91 Å². The molecule has 2 aromatic heterocycles. The average Bonchev–Trinajstić information content (AvgIpc) is 3.29. The highest BCUT2D eigenvalue weighted by atomic mass is 32.2. The van der Waals surface area contributed by atoms with Crippen molar-refractivity contribution in [3.05, 3.63) is 60.7 Å². The number of carbonyl (C=O) groups is 1. The first-order chi connectivity index (χ1) is 13.8. The normalized spacial score (nSPS) is 14.3. The van der Waals surface area contributed by atoms with Crippen molar-refractivity contribution >= 4 is 23.5 Å². The highest BCUT2D eigenvalue weighted by Crippen LogP contribution is 2.24. The number of aromatic nitrogens is 4. The lowest BCUT2D eigenvalue weighted by Gasteiger charge is -2.35. The summed E-state index contributed by atoms with van der Waals surface area (Å²) in [5, 5.41) is 8.62. The van der Waals surface area contributed by atoms with E-state index in [-0.39, 0.29) is 5.91 Å². The van der Waals surface area contributed by atoms with Gasteiger partial charge in [0.05, 0.1) is 5.56 Å². The number of hydrogen-bond donors (Lipinski definition) is 0.